The van der Waals surface area contributed by atoms with Crippen LogP contribution in [-0.4, -0.2) is 46.1 Å². The normalized spacial score (nSPS) is 10.7. The fraction of sp³-hybridized carbons (Fsp3) is 0.263. The van der Waals surface area contributed by atoms with E-state index in [9.17, 15) is 4.79 Å². The Labute approximate surface area is 152 Å². The van der Waals surface area contributed by atoms with Crippen molar-refractivity contribution in [3.05, 3.63) is 60.0 Å². The largest absolute Gasteiger partial charge is 0.383 e. The summed E-state index contributed by atoms with van der Waals surface area (Å²) in [5, 5.41) is 11.2. The van der Waals surface area contributed by atoms with Crippen LogP contribution < -0.4 is 5.32 Å². The minimum atomic E-state index is -0.293. The highest BCUT2D eigenvalue weighted by atomic mass is 16.5. The first-order valence-electron chi connectivity index (χ1n) is 8.47. The van der Waals surface area contributed by atoms with E-state index in [4.69, 9.17) is 4.74 Å². The molecule has 1 N–H and O–H groups in total. The van der Waals surface area contributed by atoms with Crippen LogP contribution in [-0.2, 0) is 11.2 Å². The third-order valence-corrected chi connectivity index (χ3v) is 3.98. The molecule has 2 aromatic heterocycles. The number of methoxy groups -OCH3 is 1. The fourth-order valence-corrected chi connectivity index (χ4v) is 2.64. The highest BCUT2D eigenvalue weighted by Crippen LogP contribution is 2.25. The first kappa shape index (κ1) is 17.8. The second-order valence-electron chi connectivity index (χ2n) is 5.71. The van der Waals surface area contributed by atoms with Gasteiger partial charge < -0.3 is 10.1 Å². The number of carbonyl (C=O) groups excluding carboxylic acids is 1. The number of benzene rings is 1. The Kier molecular flexibility index (Phi) is 5.70. The van der Waals surface area contributed by atoms with Gasteiger partial charge in [-0.3, -0.25) is 9.78 Å². The molecule has 3 aromatic rings. The average molecular weight is 351 g/mol. The predicted octanol–water partition coefficient (Wildman–Crippen LogP) is 2.27. The van der Waals surface area contributed by atoms with Crippen molar-refractivity contribution >= 4 is 5.91 Å². The Morgan fingerprint density at radius 3 is 2.88 bits per heavy atom. The van der Waals surface area contributed by atoms with Gasteiger partial charge in [0.15, 0.2) is 5.69 Å². The van der Waals surface area contributed by atoms with E-state index in [0.29, 0.717) is 18.8 Å². The topological polar surface area (TPSA) is 81.9 Å². The molecular weight excluding hydrogens is 330 g/mol. The number of aromatic nitrogens is 4. The minimum absolute atomic E-state index is 0.260. The van der Waals surface area contributed by atoms with Crippen molar-refractivity contribution in [3.63, 3.8) is 0 Å². The van der Waals surface area contributed by atoms with E-state index in [1.807, 2.05) is 30.3 Å². The Morgan fingerprint density at radius 2 is 2.15 bits per heavy atom. The van der Waals surface area contributed by atoms with Crippen LogP contribution >= 0.6 is 0 Å². The lowest BCUT2D eigenvalue weighted by atomic mass is 10.1. The van der Waals surface area contributed by atoms with Crippen LogP contribution in [0, 0.1) is 0 Å². The molecule has 26 heavy (non-hydrogen) atoms. The summed E-state index contributed by atoms with van der Waals surface area (Å²) in [6.45, 7) is 2.93. The van der Waals surface area contributed by atoms with E-state index >= 15 is 0 Å². The summed E-state index contributed by atoms with van der Waals surface area (Å²) in [6, 6.07) is 11.7. The summed E-state index contributed by atoms with van der Waals surface area (Å²) < 4.78 is 6.66. The van der Waals surface area contributed by atoms with Crippen LogP contribution in [0.3, 0.4) is 0 Å². The monoisotopic (exact) mass is 351 g/mol. The maximum Gasteiger partial charge on any atom is 0.274 e. The molecule has 134 valence electrons. The van der Waals surface area contributed by atoms with Crippen molar-refractivity contribution in [3.8, 4) is 16.9 Å². The summed E-state index contributed by atoms with van der Waals surface area (Å²) >= 11 is 0. The predicted molar refractivity (Wildman–Crippen MR) is 98.2 cm³/mol. The molecular formula is C19H21N5O2. The quantitative estimate of drug-likeness (QED) is 0.660. The van der Waals surface area contributed by atoms with Crippen LogP contribution in [0.5, 0.6) is 0 Å². The van der Waals surface area contributed by atoms with Crippen LogP contribution in [0.25, 0.3) is 16.9 Å². The van der Waals surface area contributed by atoms with Crippen molar-refractivity contribution in [2.45, 2.75) is 13.3 Å². The van der Waals surface area contributed by atoms with Gasteiger partial charge in [-0.05, 0) is 36.2 Å². The number of nitrogens with one attached hydrogen (secondary N) is 1. The zero-order chi connectivity index (χ0) is 18.4. The molecule has 0 saturated carbocycles. The molecule has 0 spiro atoms. The molecule has 0 unspecified atom stereocenters. The molecule has 0 bridgehead atoms. The smallest absolute Gasteiger partial charge is 0.274 e. The molecule has 0 aliphatic carbocycles. The van der Waals surface area contributed by atoms with Crippen LogP contribution in [0.15, 0.2) is 48.8 Å². The second kappa shape index (κ2) is 8.35. The number of hydrogen-bond acceptors (Lipinski definition) is 5. The zero-order valence-electron chi connectivity index (χ0n) is 14.8. The van der Waals surface area contributed by atoms with Gasteiger partial charge in [-0.15, -0.1) is 5.10 Å². The number of pyridine rings is 1. The molecule has 0 atom stereocenters. The van der Waals surface area contributed by atoms with Gasteiger partial charge >= 0.3 is 0 Å². The average Bonchev–Trinajstić information content (AvgIpc) is 3.14. The first-order valence-corrected chi connectivity index (χ1v) is 8.47. The molecule has 7 nitrogen and oxygen atoms in total. The summed E-state index contributed by atoms with van der Waals surface area (Å²) in [4.78, 5) is 16.7. The van der Waals surface area contributed by atoms with E-state index in [1.54, 1.807) is 24.2 Å². The summed E-state index contributed by atoms with van der Waals surface area (Å²) in [5.74, 6) is -0.293. The molecule has 1 aromatic carbocycles. The third kappa shape index (κ3) is 3.78. The molecule has 7 heteroatoms. The van der Waals surface area contributed by atoms with Crippen molar-refractivity contribution in [1.29, 1.82) is 0 Å². The maximum atomic E-state index is 12.6. The lowest BCUT2D eigenvalue weighted by Gasteiger charge is -2.09. The summed E-state index contributed by atoms with van der Waals surface area (Å²) in [5.41, 5.74) is 3.68. The van der Waals surface area contributed by atoms with Gasteiger partial charge in [-0.25, -0.2) is 4.68 Å². The zero-order valence-corrected chi connectivity index (χ0v) is 14.8. The number of rotatable bonds is 7. The molecule has 0 aliphatic rings. The van der Waals surface area contributed by atoms with Crippen LogP contribution in [0.2, 0.25) is 0 Å². The summed E-state index contributed by atoms with van der Waals surface area (Å²) in [6.07, 6.45) is 4.30. The van der Waals surface area contributed by atoms with E-state index in [0.717, 1.165) is 17.7 Å². The van der Waals surface area contributed by atoms with Gasteiger partial charge in [0.25, 0.3) is 5.91 Å². The molecule has 0 fully saturated rings. The fourth-order valence-electron chi connectivity index (χ4n) is 2.64. The Bertz CT molecular complexity index is 877. The SMILES string of the molecule is CCc1cccc(-n2nnc(C(=O)NCCOC)c2-c2cccnc2)c1. The standard InChI is InChI=1S/C19H21N5O2/c1-3-14-6-4-8-16(12-14)24-18(15-7-5-9-20-13-15)17(22-23-24)19(25)21-10-11-26-2/h4-9,12-13H,3,10-11H2,1-2H3,(H,21,25). The number of carbonyl (C=O) groups is 1. The van der Waals surface area contributed by atoms with Crippen LogP contribution in [0.4, 0.5) is 0 Å². The second-order valence-corrected chi connectivity index (χ2v) is 5.71. The van der Waals surface area contributed by atoms with E-state index in [1.165, 1.54) is 5.56 Å². The number of nitrogens with zero attached hydrogens (tertiary/aromatic N) is 4. The van der Waals surface area contributed by atoms with Gasteiger partial charge in [0.2, 0.25) is 0 Å². The van der Waals surface area contributed by atoms with Crippen molar-refractivity contribution in [2.24, 2.45) is 0 Å². The number of hydrogen-bond donors (Lipinski definition) is 1. The lowest BCUT2D eigenvalue weighted by molar-refractivity contribution is 0.0932. The highest BCUT2D eigenvalue weighted by molar-refractivity contribution is 5.98. The first-order chi connectivity index (χ1) is 12.7. The summed E-state index contributed by atoms with van der Waals surface area (Å²) in [7, 11) is 1.59. The molecule has 1 amide bonds. The number of amides is 1. The van der Waals surface area contributed by atoms with Crippen LogP contribution in [0.1, 0.15) is 23.0 Å². The molecule has 0 aliphatic heterocycles. The molecule has 3 rings (SSSR count). The maximum absolute atomic E-state index is 12.6. The molecule has 0 saturated heterocycles. The third-order valence-electron chi connectivity index (χ3n) is 3.98. The molecule has 0 radical (unpaired) electrons. The van der Waals surface area contributed by atoms with E-state index in [2.05, 4.69) is 33.6 Å². The number of ether oxygens (including phenoxy) is 1. The van der Waals surface area contributed by atoms with Crippen molar-refractivity contribution in [1.82, 2.24) is 25.3 Å². The van der Waals surface area contributed by atoms with Crippen molar-refractivity contribution in [2.75, 3.05) is 20.3 Å². The van der Waals surface area contributed by atoms with E-state index < -0.39 is 0 Å². The Hall–Kier alpha value is -3.06. The Morgan fingerprint density at radius 1 is 1.27 bits per heavy atom. The van der Waals surface area contributed by atoms with Gasteiger partial charge in [-0.2, -0.15) is 0 Å². The highest BCUT2D eigenvalue weighted by Gasteiger charge is 2.22. The lowest BCUT2D eigenvalue weighted by Crippen LogP contribution is -2.27. The van der Waals surface area contributed by atoms with Crippen molar-refractivity contribution < 1.29 is 9.53 Å². The van der Waals surface area contributed by atoms with Gasteiger partial charge in [-0.1, -0.05) is 24.3 Å². The van der Waals surface area contributed by atoms with Gasteiger partial charge in [0.05, 0.1) is 12.3 Å². The molecule has 2 heterocycles. The van der Waals surface area contributed by atoms with Gasteiger partial charge in [0, 0.05) is 31.6 Å². The van der Waals surface area contributed by atoms with E-state index in [-0.39, 0.29) is 11.6 Å². The number of aryl methyl sites for hydroxylation is 1. The Balaban J connectivity index is 2.06. The minimum Gasteiger partial charge on any atom is -0.383 e. The van der Waals surface area contributed by atoms with Gasteiger partial charge in [0.1, 0.15) is 5.69 Å².